The minimum absolute atomic E-state index is 0.00395. The molecular formula is C23H19ClN2O2S. The van der Waals surface area contributed by atoms with Crippen LogP contribution in [0.4, 0.5) is 5.69 Å². The number of amides is 2. The van der Waals surface area contributed by atoms with Crippen LogP contribution in [0.1, 0.15) is 21.5 Å². The average molecular weight is 423 g/mol. The Morgan fingerprint density at radius 1 is 1.03 bits per heavy atom. The number of halogens is 1. The third kappa shape index (κ3) is 4.47. The molecule has 6 heteroatoms. The molecule has 0 bridgehead atoms. The first kappa shape index (κ1) is 19.6. The number of nitrogens with one attached hydrogen (secondary N) is 1. The largest absolute Gasteiger partial charge is 0.348 e. The Labute approximate surface area is 178 Å². The van der Waals surface area contributed by atoms with E-state index in [9.17, 15) is 9.59 Å². The number of carbonyl (C=O) groups excluding carboxylic acids is 2. The van der Waals surface area contributed by atoms with Crippen LogP contribution in [0, 0.1) is 0 Å². The predicted octanol–water partition coefficient (Wildman–Crippen LogP) is 4.91. The summed E-state index contributed by atoms with van der Waals surface area (Å²) in [6.07, 6.45) is 0. The summed E-state index contributed by atoms with van der Waals surface area (Å²) in [4.78, 5) is 28.0. The highest BCUT2D eigenvalue weighted by Crippen LogP contribution is 2.37. The molecular weight excluding hydrogens is 404 g/mol. The topological polar surface area (TPSA) is 49.4 Å². The Kier molecular flexibility index (Phi) is 5.88. The van der Waals surface area contributed by atoms with Gasteiger partial charge in [-0.25, -0.2) is 0 Å². The molecule has 146 valence electrons. The zero-order chi connectivity index (χ0) is 20.2. The first-order valence-electron chi connectivity index (χ1n) is 9.24. The standard InChI is InChI=1S/C23H19ClN2O2S/c24-19-9-5-4-8-18(19)14-26-20-12-17(10-11-21(20)29-15-22(26)27)23(28)25-13-16-6-2-1-3-7-16/h1-12H,13-15H2,(H,25,28). The van der Waals surface area contributed by atoms with Crippen molar-refractivity contribution in [2.24, 2.45) is 0 Å². The Morgan fingerprint density at radius 3 is 2.59 bits per heavy atom. The van der Waals surface area contributed by atoms with Gasteiger partial charge in [0.15, 0.2) is 0 Å². The molecule has 0 radical (unpaired) electrons. The third-order valence-corrected chi connectivity index (χ3v) is 6.16. The van der Waals surface area contributed by atoms with Gasteiger partial charge >= 0.3 is 0 Å². The van der Waals surface area contributed by atoms with Gasteiger partial charge in [-0.15, -0.1) is 11.8 Å². The van der Waals surface area contributed by atoms with Gasteiger partial charge in [0, 0.05) is 22.0 Å². The molecule has 1 aliphatic heterocycles. The number of benzene rings is 3. The van der Waals surface area contributed by atoms with Gasteiger partial charge in [0.05, 0.1) is 18.0 Å². The molecule has 0 aliphatic carbocycles. The Hall–Kier alpha value is -2.76. The van der Waals surface area contributed by atoms with E-state index >= 15 is 0 Å². The number of thioether (sulfide) groups is 1. The fourth-order valence-corrected chi connectivity index (χ4v) is 4.31. The molecule has 0 unspecified atom stereocenters. The normalized spacial score (nSPS) is 13.1. The van der Waals surface area contributed by atoms with Gasteiger partial charge < -0.3 is 10.2 Å². The van der Waals surface area contributed by atoms with Crippen molar-refractivity contribution in [3.8, 4) is 0 Å². The number of fused-ring (bicyclic) bond motifs is 1. The summed E-state index contributed by atoms with van der Waals surface area (Å²) in [7, 11) is 0. The third-order valence-electron chi connectivity index (χ3n) is 4.75. The highest BCUT2D eigenvalue weighted by atomic mass is 35.5. The average Bonchev–Trinajstić information content (AvgIpc) is 2.75. The zero-order valence-electron chi connectivity index (χ0n) is 15.6. The first-order chi connectivity index (χ1) is 14.1. The van der Waals surface area contributed by atoms with Crippen molar-refractivity contribution < 1.29 is 9.59 Å². The summed E-state index contributed by atoms with van der Waals surface area (Å²) in [5.41, 5.74) is 3.18. The number of hydrogen-bond acceptors (Lipinski definition) is 3. The van der Waals surface area contributed by atoms with E-state index in [1.165, 1.54) is 11.8 Å². The Morgan fingerprint density at radius 2 is 1.79 bits per heavy atom. The SMILES string of the molecule is O=C(NCc1ccccc1)c1ccc2c(c1)N(Cc1ccccc1Cl)C(=O)CS2. The zero-order valence-corrected chi connectivity index (χ0v) is 17.2. The molecule has 4 rings (SSSR count). The molecule has 0 aromatic heterocycles. The van der Waals surface area contributed by atoms with Crippen molar-refractivity contribution in [1.29, 1.82) is 0 Å². The lowest BCUT2D eigenvalue weighted by Crippen LogP contribution is -2.35. The molecule has 29 heavy (non-hydrogen) atoms. The Bertz CT molecular complexity index is 1060. The van der Waals surface area contributed by atoms with Crippen LogP contribution in [0.2, 0.25) is 5.02 Å². The second-order valence-corrected chi connectivity index (χ2v) is 8.14. The van der Waals surface area contributed by atoms with E-state index in [4.69, 9.17) is 11.6 Å². The highest BCUT2D eigenvalue weighted by molar-refractivity contribution is 8.00. The molecule has 1 N–H and O–H groups in total. The second-order valence-electron chi connectivity index (χ2n) is 6.71. The number of carbonyl (C=O) groups is 2. The van der Waals surface area contributed by atoms with Crippen LogP contribution in [-0.4, -0.2) is 17.6 Å². The van der Waals surface area contributed by atoms with Crippen LogP contribution in [0.25, 0.3) is 0 Å². The maximum Gasteiger partial charge on any atom is 0.251 e. The summed E-state index contributed by atoms with van der Waals surface area (Å²) >= 11 is 7.78. The minimum Gasteiger partial charge on any atom is -0.348 e. The van der Waals surface area contributed by atoms with E-state index in [1.54, 1.807) is 17.0 Å². The van der Waals surface area contributed by atoms with E-state index in [1.807, 2.05) is 60.7 Å². The summed E-state index contributed by atoms with van der Waals surface area (Å²) in [5, 5.41) is 3.56. The monoisotopic (exact) mass is 422 g/mol. The van der Waals surface area contributed by atoms with Gasteiger partial charge in [-0.3, -0.25) is 9.59 Å². The molecule has 0 saturated carbocycles. The quantitative estimate of drug-likeness (QED) is 0.635. The molecule has 0 atom stereocenters. The predicted molar refractivity (Wildman–Crippen MR) is 117 cm³/mol. The van der Waals surface area contributed by atoms with Crippen molar-refractivity contribution in [3.63, 3.8) is 0 Å². The maximum atomic E-state index is 12.7. The van der Waals surface area contributed by atoms with Crippen LogP contribution in [0.3, 0.4) is 0 Å². The van der Waals surface area contributed by atoms with E-state index < -0.39 is 0 Å². The molecule has 2 amide bonds. The second kappa shape index (κ2) is 8.72. The van der Waals surface area contributed by atoms with Gasteiger partial charge in [0.2, 0.25) is 5.91 Å². The molecule has 4 nitrogen and oxygen atoms in total. The first-order valence-corrected chi connectivity index (χ1v) is 10.6. The van der Waals surface area contributed by atoms with E-state index in [0.29, 0.717) is 29.4 Å². The van der Waals surface area contributed by atoms with E-state index in [0.717, 1.165) is 21.7 Å². The van der Waals surface area contributed by atoms with Gasteiger partial charge in [0.25, 0.3) is 5.91 Å². The smallest absolute Gasteiger partial charge is 0.251 e. The van der Waals surface area contributed by atoms with Crippen LogP contribution in [0.5, 0.6) is 0 Å². The molecule has 3 aromatic carbocycles. The van der Waals surface area contributed by atoms with Crippen LogP contribution < -0.4 is 10.2 Å². The van der Waals surface area contributed by atoms with Gasteiger partial charge in [0.1, 0.15) is 0 Å². The van der Waals surface area contributed by atoms with Crippen molar-refractivity contribution in [1.82, 2.24) is 5.32 Å². The lowest BCUT2D eigenvalue weighted by atomic mass is 10.1. The summed E-state index contributed by atoms with van der Waals surface area (Å²) in [6, 6.07) is 22.7. The van der Waals surface area contributed by atoms with Gasteiger partial charge in [-0.05, 0) is 35.4 Å². The van der Waals surface area contributed by atoms with Crippen LogP contribution in [-0.2, 0) is 17.9 Å². The molecule has 0 fully saturated rings. The molecule has 1 heterocycles. The lowest BCUT2D eigenvalue weighted by Gasteiger charge is -2.29. The van der Waals surface area contributed by atoms with Crippen molar-refractivity contribution >= 4 is 40.9 Å². The fraction of sp³-hybridized carbons (Fsp3) is 0.130. The number of rotatable bonds is 5. The van der Waals surface area contributed by atoms with Crippen LogP contribution in [0.15, 0.2) is 77.7 Å². The fourth-order valence-electron chi connectivity index (χ4n) is 3.19. The van der Waals surface area contributed by atoms with Crippen LogP contribution >= 0.6 is 23.4 Å². The summed E-state index contributed by atoms with van der Waals surface area (Å²) in [6.45, 7) is 0.828. The van der Waals surface area contributed by atoms with Crippen molar-refractivity contribution in [2.45, 2.75) is 18.0 Å². The van der Waals surface area contributed by atoms with Crippen molar-refractivity contribution in [2.75, 3.05) is 10.7 Å². The number of nitrogens with zero attached hydrogens (tertiary/aromatic N) is 1. The summed E-state index contributed by atoms with van der Waals surface area (Å²) in [5.74, 6) is 0.207. The van der Waals surface area contributed by atoms with E-state index in [2.05, 4.69) is 5.32 Å². The highest BCUT2D eigenvalue weighted by Gasteiger charge is 2.26. The number of anilines is 1. The molecule has 1 aliphatic rings. The van der Waals surface area contributed by atoms with E-state index in [-0.39, 0.29) is 11.8 Å². The molecule has 0 spiro atoms. The maximum absolute atomic E-state index is 12.7. The molecule has 0 saturated heterocycles. The molecule has 3 aromatic rings. The Balaban J connectivity index is 1.57. The van der Waals surface area contributed by atoms with Crippen molar-refractivity contribution in [3.05, 3.63) is 94.5 Å². The number of hydrogen-bond donors (Lipinski definition) is 1. The van der Waals surface area contributed by atoms with Gasteiger partial charge in [-0.1, -0.05) is 60.1 Å². The van der Waals surface area contributed by atoms with Gasteiger partial charge in [-0.2, -0.15) is 0 Å². The minimum atomic E-state index is -0.169. The lowest BCUT2D eigenvalue weighted by molar-refractivity contribution is -0.116. The summed E-state index contributed by atoms with van der Waals surface area (Å²) < 4.78 is 0.